The number of anilines is 1. The summed E-state index contributed by atoms with van der Waals surface area (Å²) in [6.07, 6.45) is 0. The molecular weight excluding hydrogens is 513 g/mol. The van der Waals surface area contributed by atoms with E-state index in [2.05, 4.69) is 14.7 Å². The Bertz CT molecular complexity index is 1760. The monoisotopic (exact) mass is 527 g/mol. The molecular formula is C22H14FN5O6S2. The summed E-state index contributed by atoms with van der Waals surface area (Å²) >= 11 is 0.353. The molecule has 0 bridgehead atoms. The van der Waals surface area contributed by atoms with E-state index in [4.69, 9.17) is 4.52 Å². The Balaban J connectivity index is 1.52. The van der Waals surface area contributed by atoms with Crippen molar-refractivity contribution in [2.24, 2.45) is 4.40 Å². The maximum absolute atomic E-state index is 13.3. The van der Waals surface area contributed by atoms with Crippen LogP contribution >= 0.6 is 11.8 Å². The third-order valence-corrected chi connectivity index (χ3v) is 7.48. The summed E-state index contributed by atoms with van der Waals surface area (Å²) in [6.45, 7) is 3.27. The summed E-state index contributed by atoms with van der Waals surface area (Å²) in [6, 6.07) is 9.75. The first-order valence-electron chi connectivity index (χ1n) is 10.2. The molecule has 14 heteroatoms. The maximum atomic E-state index is 13.3. The van der Waals surface area contributed by atoms with Crippen LogP contribution in [0.2, 0.25) is 0 Å². The predicted molar refractivity (Wildman–Crippen MR) is 128 cm³/mol. The van der Waals surface area contributed by atoms with Crippen molar-refractivity contribution in [1.82, 2.24) is 14.9 Å². The van der Waals surface area contributed by atoms with E-state index in [1.54, 1.807) is 13.8 Å². The summed E-state index contributed by atoms with van der Waals surface area (Å²) in [4.78, 5) is 37.8. The summed E-state index contributed by atoms with van der Waals surface area (Å²) in [5, 5.41) is 6.95. The summed E-state index contributed by atoms with van der Waals surface area (Å²) in [5.41, 5.74) is 0.970. The van der Waals surface area contributed by atoms with Crippen molar-refractivity contribution in [3.63, 3.8) is 0 Å². The number of aryl methyl sites for hydroxylation is 2. The molecule has 3 heterocycles. The van der Waals surface area contributed by atoms with E-state index in [-0.39, 0.29) is 32.4 Å². The molecule has 182 valence electrons. The normalized spacial score (nSPS) is 15.4. The first-order chi connectivity index (χ1) is 17.1. The molecule has 36 heavy (non-hydrogen) atoms. The fourth-order valence-corrected chi connectivity index (χ4v) is 5.47. The number of carbonyl (C=O) groups excluding carboxylic acids is 2. The van der Waals surface area contributed by atoms with Crippen molar-refractivity contribution in [3.8, 4) is 5.69 Å². The summed E-state index contributed by atoms with van der Waals surface area (Å²) < 4.78 is 49.2. The van der Waals surface area contributed by atoms with Crippen LogP contribution in [-0.2, 0) is 19.6 Å². The van der Waals surface area contributed by atoms with E-state index >= 15 is 0 Å². The van der Waals surface area contributed by atoms with Crippen LogP contribution < -0.4 is 10.5 Å². The quantitative estimate of drug-likeness (QED) is 0.365. The van der Waals surface area contributed by atoms with Gasteiger partial charge in [0.25, 0.3) is 20.7 Å². The van der Waals surface area contributed by atoms with Gasteiger partial charge in [-0.3, -0.25) is 19.3 Å². The average molecular weight is 528 g/mol. The number of amidine groups is 1. The minimum absolute atomic E-state index is 0.0873. The number of hydrogen-bond acceptors (Lipinski definition) is 9. The van der Waals surface area contributed by atoms with Crippen LogP contribution in [0.4, 0.5) is 10.1 Å². The summed E-state index contributed by atoms with van der Waals surface area (Å²) in [5.74, 6) is -1.58. The molecule has 0 spiro atoms. The Morgan fingerprint density at radius 1 is 0.944 bits per heavy atom. The molecule has 2 aromatic heterocycles. The average Bonchev–Trinajstić information content (AvgIpc) is 3.36. The second-order valence-electron chi connectivity index (χ2n) is 7.62. The second-order valence-corrected chi connectivity index (χ2v) is 10.2. The fourth-order valence-electron chi connectivity index (χ4n) is 3.53. The van der Waals surface area contributed by atoms with Crippen molar-refractivity contribution in [3.05, 3.63) is 76.1 Å². The fraction of sp³-hybridized carbons (Fsp3) is 0.0909. The van der Waals surface area contributed by atoms with E-state index in [9.17, 15) is 27.2 Å². The number of nitrogens with zero attached hydrogens (tertiary/aromatic N) is 5. The largest absolute Gasteiger partial charge is 0.354 e. The van der Waals surface area contributed by atoms with Gasteiger partial charge in [-0.15, -0.1) is 4.40 Å². The van der Waals surface area contributed by atoms with Crippen molar-refractivity contribution in [2.75, 3.05) is 4.90 Å². The zero-order valence-electron chi connectivity index (χ0n) is 18.5. The zero-order chi connectivity index (χ0) is 25.8. The van der Waals surface area contributed by atoms with Crippen molar-refractivity contribution in [2.45, 2.75) is 18.7 Å². The molecule has 11 nitrogen and oxygen atoms in total. The van der Waals surface area contributed by atoms with Crippen molar-refractivity contribution in [1.29, 1.82) is 0 Å². The number of carbonyl (C=O) groups is 2. The molecule has 0 atom stereocenters. The Morgan fingerprint density at radius 2 is 1.58 bits per heavy atom. The molecule has 0 radical (unpaired) electrons. The predicted octanol–water partition coefficient (Wildman–Crippen LogP) is 2.48. The Hall–Kier alpha value is -4.17. The molecule has 1 fully saturated rings. The number of thioether (sulfide) groups is 1. The number of rotatable bonds is 4. The molecule has 5 rings (SSSR count). The van der Waals surface area contributed by atoms with Crippen molar-refractivity contribution < 1.29 is 26.9 Å². The van der Waals surface area contributed by atoms with Gasteiger partial charge in [0.05, 0.1) is 22.0 Å². The van der Waals surface area contributed by atoms with Gasteiger partial charge in [-0.2, -0.15) is 18.2 Å². The molecule has 1 aliphatic heterocycles. The van der Waals surface area contributed by atoms with Crippen LogP contribution in [-0.4, -0.2) is 39.5 Å². The smallest absolute Gasteiger partial charge is 0.312 e. The van der Waals surface area contributed by atoms with Gasteiger partial charge in [0.1, 0.15) is 16.9 Å². The summed E-state index contributed by atoms with van der Waals surface area (Å²) in [7, 11) is -4.38. The molecule has 2 aromatic carbocycles. The van der Waals surface area contributed by atoms with Gasteiger partial charge in [-0.25, -0.2) is 4.39 Å². The number of aromatic nitrogens is 3. The van der Waals surface area contributed by atoms with Crippen LogP contribution in [0.3, 0.4) is 0 Å². The van der Waals surface area contributed by atoms with Crippen LogP contribution in [0, 0.1) is 19.7 Å². The van der Waals surface area contributed by atoms with Gasteiger partial charge < -0.3 is 4.52 Å². The molecule has 0 unspecified atom stereocenters. The van der Waals surface area contributed by atoms with Gasteiger partial charge in [0, 0.05) is 0 Å². The lowest BCUT2D eigenvalue weighted by Crippen LogP contribution is -2.31. The highest BCUT2D eigenvalue weighted by molar-refractivity contribution is 8.29. The molecule has 1 saturated heterocycles. The SMILES string of the molecule is Cc1nn(-c2ccc(S(=O)(=O)/N=C3\SC(=O)C(=O)N3c3ccc(F)cc3)cc2)c(=O)c2c(C)noc12. The molecule has 0 saturated carbocycles. The maximum Gasteiger partial charge on any atom is 0.312 e. The number of benzene rings is 2. The third kappa shape index (κ3) is 3.89. The van der Waals surface area contributed by atoms with Crippen LogP contribution in [0.5, 0.6) is 0 Å². The van der Waals surface area contributed by atoms with Gasteiger partial charge in [0.15, 0.2) is 10.8 Å². The topological polar surface area (TPSA) is 145 Å². The van der Waals surface area contributed by atoms with E-state index in [1.165, 1.54) is 36.4 Å². The number of fused-ring (bicyclic) bond motifs is 1. The molecule has 0 aliphatic carbocycles. The first-order valence-corrected chi connectivity index (χ1v) is 12.5. The number of halogens is 1. The number of amides is 1. The standard InChI is InChI=1S/C22H14FN5O6S2/c1-11-17-18(34-25-11)12(2)24-28(19(17)29)15-7-9-16(10-8-15)36(32,33)26-22-27(20(30)21(31)35-22)14-5-3-13(23)4-6-14/h3-10H,1-2H3/b26-22-. The van der Waals surface area contributed by atoms with E-state index in [0.717, 1.165) is 21.7 Å². The minimum Gasteiger partial charge on any atom is -0.354 e. The lowest BCUT2D eigenvalue weighted by Gasteiger charge is -2.14. The van der Waals surface area contributed by atoms with E-state index in [1.807, 2.05) is 0 Å². The Morgan fingerprint density at radius 3 is 2.25 bits per heavy atom. The van der Waals surface area contributed by atoms with Crippen molar-refractivity contribution >= 4 is 54.6 Å². The highest BCUT2D eigenvalue weighted by Gasteiger charge is 2.39. The Kier molecular flexibility index (Phi) is 5.56. The molecule has 1 amide bonds. The molecule has 1 aliphatic rings. The van der Waals surface area contributed by atoms with Gasteiger partial charge in [0.2, 0.25) is 0 Å². The lowest BCUT2D eigenvalue weighted by atomic mass is 10.2. The zero-order valence-corrected chi connectivity index (χ0v) is 20.1. The lowest BCUT2D eigenvalue weighted by molar-refractivity contribution is -0.130. The van der Waals surface area contributed by atoms with Gasteiger partial charge in [-0.1, -0.05) is 5.16 Å². The highest BCUT2D eigenvalue weighted by atomic mass is 32.2. The van der Waals surface area contributed by atoms with Crippen LogP contribution in [0.25, 0.3) is 16.7 Å². The van der Waals surface area contributed by atoms with Crippen LogP contribution in [0.15, 0.2) is 67.1 Å². The number of hydrogen-bond donors (Lipinski definition) is 0. The third-order valence-electron chi connectivity index (χ3n) is 5.26. The minimum atomic E-state index is -4.38. The Labute approximate surface area is 206 Å². The highest BCUT2D eigenvalue weighted by Crippen LogP contribution is 2.30. The first kappa shape index (κ1) is 23.6. The van der Waals surface area contributed by atoms with E-state index < -0.39 is 32.4 Å². The van der Waals surface area contributed by atoms with Crippen LogP contribution in [0.1, 0.15) is 11.4 Å². The molecule has 0 N–H and O–H groups in total. The molecule has 4 aromatic rings. The van der Waals surface area contributed by atoms with Gasteiger partial charge in [-0.05, 0) is 74.1 Å². The number of sulfonamides is 1. The van der Waals surface area contributed by atoms with Gasteiger partial charge >= 0.3 is 5.91 Å². The second kappa shape index (κ2) is 8.49. The van der Waals surface area contributed by atoms with E-state index in [0.29, 0.717) is 23.1 Å².